The number of alkyl halides is 21. The van der Waals surface area contributed by atoms with Gasteiger partial charge in [-0.1, -0.05) is 0 Å². The molecule has 1 fully saturated rings. The van der Waals surface area contributed by atoms with Crippen molar-refractivity contribution in [3.63, 3.8) is 0 Å². The highest BCUT2D eigenvalue weighted by molar-refractivity contribution is 5.17. The smallest absolute Gasteiger partial charge is 0.371 e. The number of halogens is 21. The van der Waals surface area contributed by atoms with E-state index in [2.05, 4.69) is 9.47 Å². The summed E-state index contributed by atoms with van der Waals surface area (Å²) in [6, 6.07) is 0. The zero-order chi connectivity index (χ0) is 29.4. The molecule has 2 nitrogen and oxygen atoms in total. The first-order valence-corrected chi connectivity index (χ1v) is 8.05. The number of ether oxygens (including phenoxy) is 2. The van der Waals surface area contributed by atoms with Gasteiger partial charge in [0.05, 0.1) is 13.2 Å². The zero-order valence-corrected chi connectivity index (χ0v) is 15.7. The summed E-state index contributed by atoms with van der Waals surface area (Å²) in [5.41, 5.74) is 0. The summed E-state index contributed by atoms with van der Waals surface area (Å²) in [5, 5.41) is 0. The second-order valence-electron chi connectivity index (χ2n) is 6.88. The minimum Gasteiger partial charge on any atom is -0.371 e. The van der Waals surface area contributed by atoms with Crippen molar-refractivity contribution in [1.82, 2.24) is 0 Å². The Balaban J connectivity index is 3.74. The predicted molar refractivity (Wildman–Crippen MR) is 66.3 cm³/mol. The van der Waals surface area contributed by atoms with Gasteiger partial charge in [0.25, 0.3) is 0 Å². The first-order valence-electron chi connectivity index (χ1n) is 8.05. The van der Waals surface area contributed by atoms with Gasteiger partial charge in [-0.05, 0) is 0 Å². The Morgan fingerprint density at radius 2 is 0.722 bits per heavy atom. The van der Waals surface area contributed by atoms with Crippen LogP contribution in [0.4, 0.5) is 92.2 Å². The minimum atomic E-state index is -9.16. The number of rotatable bonds is 10. The molecular formula is C13H5F21O2. The van der Waals surface area contributed by atoms with Crippen molar-refractivity contribution < 1.29 is 102 Å². The highest BCUT2D eigenvalue weighted by Gasteiger charge is 2.98. The van der Waals surface area contributed by atoms with Crippen molar-refractivity contribution >= 4 is 0 Å². The van der Waals surface area contributed by atoms with Crippen LogP contribution in [0.25, 0.3) is 0 Å². The van der Waals surface area contributed by atoms with Gasteiger partial charge in [0.1, 0.15) is 6.10 Å². The molecule has 1 rings (SSSR count). The molecule has 216 valence electrons. The van der Waals surface area contributed by atoms with Crippen LogP contribution >= 0.6 is 0 Å². The van der Waals surface area contributed by atoms with Crippen molar-refractivity contribution in [3.8, 4) is 0 Å². The molecule has 23 heteroatoms. The molecule has 0 aromatic rings. The van der Waals surface area contributed by atoms with E-state index in [9.17, 15) is 92.2 Å². The van der Waals surface area contributed by atoms with Gasteiger partial charge in [-0.3, -0.25) is 0 Å². The van der Waals surface area contributed by atoms with Crippen LogP contribution in [-0.2, 0) is 9.47 Å². The summed E-state index contributed by atoms with van der Waals surface area (Å²) < 4.78 is 282. The molecular weight excluding hydrogens is 587 g/mol. The molecule has 0 saturated carbocycles. The SMILES string of the molecule is FC(F)(F)C(F)(F)C(F)(F)C(F)(F)C(F)(F)C(F)(F)C(F)(F)C(F)(F)C(F)(OCC1CO1)C(F)(F)F. The molecule has 0 aromatic heterocycles. The van der Waals surface area contributed by atoms with Gasteiger partial charge in [0.2, 0.25) is 0 Å². The van der Waals surface area contributed by atoms with Crippen LogP contribution in [0.15, 0.2) is 0 Å². The van der Waals surface area contributed by atoms with E-state index in [1.165, 1.54) is 0 Å². The van der Waals surface area contributed by atoms with Crippen molar-refractivity contribution in [2.24, 2.45) is 0 Å². The Morgan fingerprint density at radius 1 is 0.444 bits per heavy atom. The summed E-state index contributed by atoms with van der Waals surface area (Å²) in [6.07, 6.45) is -17.4. The molecule has 2 atom stereocenters. The summed E-state index contributed by atoms with van der Waals surface area (Å²) in [5.74, 6) is -69.5. The van der Waals surface area contributed by atoms with Crippen molar-refractivity contribution in [2.45, 2.75) is 65.8 Å². The summed E-state index contributed by atoms with van der Waals surface area (Å²) in [4.78, 5) is 0. The van der Waals surface area contributed by atoms with Crippen molar-refractivity contribution in [2.75, 3.05) is 13.2 Å². The molecule has 0 bridgehead atoms. The number of hydrogen-bond donors (Lipinski definition) is 0. The maximum Gasteiger partial charge on any atom is 0.460 e. The lowest BCUT2D eigenvalue weighted by Crippen LogP contribution is -2.77. The molecule has 2 unspecified atom stereocenters. The second-order valence-corrected chi connectivity index (χ2v) is 6.88. The molecule has 0 aliphatic carbocycles. The molecule has 1 heterocycles. The highest BCUT2D eigenvalue weighted by atomic mass is 19.4. The van der Waals surface area contributed by atoms with E-state index in [1.807, 2.05) is 0 Å². The number of hydrogen-bond acceptors (Lipinski definition) is 2. The molecule has 36 heavy (non-hydrogen) atoms. The molecule has 0 amide bonds. The average Bonchev–Trinajstić information content (AvgIpc) is 3.47. The minimum absolute atomic E-state index is 0.751. The van der Waals surface area contributed by atoms with E-state index in [-0.39, 0.29) is 0 Å². The van der Waals surface area contributed by atoms with Gasteiger partial charge in [-0.15, -0.1) is 0 Å². The Bertz CT molecular complexity index is 806. The van der Waals surface area contributed by atoms with Crippen molar-refractivity contribution in [3.05, 3.63) is 0 Å². The van der Waals surface area contributed by atoms with Gasteiger partial charge < -0.3 is 9.47 Å². The van der Waals surface area contributed by atoms with Crippen LogP contribution in [0.1, 0.15) is 0 Å². The Labute approximate surface area is 182 Å². The van der Waals surface area contributed by atoms with Crippen LogP contribution in [-0.4, -0.2) is 79.0 Å². The quantitative estimate of drug-likeness (QED) is 0.210. The molecule has 0 aromatic carbocycles. The second kappa shape index (κ2) is 8.22. The van der Waals surface area contributed by atoms with E-state index in [0.29, 0.717) is 0 Å². The molecule has 0 spiro atoms. The fourth-order valence-electron chi connectivity index (χ4n) is 2.09. The van der Waals surface area contributed by atoms with Gasteiger partial charge >= 0.3 is 59.7 Å². The fourth-order valence-corrected chi connectivity index (χ4v) is 2.09. The van der Waals surface area contributed by atoms with Crippen LogP contribution < -0.4 is 0 Å². The lowest BCUT2D eigenvalue weighted by molar-refractivity contribution is -0.489. The van der Waals surface area contributed by atoms with Crippen LogP contribution in [0.3, 0.4) is 0 Å². The third-order valence-electron chi connectivity index (χ3n) is 4.36. The van der Waals surface area contributed by atoms with E-state index in [4.69, 9.17) is 0 Å². The monoisotopic (exact) mass is 592 g/mol. The molecule has 1 saturated heterocycles. The first-order chi connectivity index (χ1) is 15.3. The number of epoxide rings is 1. The zero-order valence-electron chi connectivity index (χ0n) is 15.7. The summed E-state index contributed by atoms with van der Waals surface area (Å²) in [7, 11) is 0. The Hall–Kier alpha value is -1.55. The van der Waals surface area contributed by atoms with Crippen LogP contribution in [0.2, 0.25) is 0 Å². The van der Waals surface area contributed by atoms with Crippen LogP contribution in [0.5, 0.6) is 0 Å². The van der Waals surface area contributed by atoms with E-state index >= 15 is 0 Å². The van der Waals surface area contributed by atoms with Gasteiger partial charge in [-0.25, -0.2) is 0 Å². The third kappa shape index (κ3) is 4.10. The topological polar surface area (TPSA) is 21.8 Å². The standard InChI is InChI=1S/C13H5F21O2/c14-4(15,6(18,19)8(22,23)10(26,27)12(29,30)31)5(16,17)7(20,21)9(24,25)11(28,13(32,33)34)36-2-3-1-35-3/h3H,1-2H2. The highest BCUT2D eigenvalue weighted by Crippen LogP contribution is 2.66. The van der Waals surface area contributed by atoms with Gasteiger partial charge in [0, 0.05) is 0 Å². The van der Waals surface area contributed by atoms with Gasteiger partial charge in [0.15, 0.2) is 0 Å². The van der Waals surface area contributed by atoms with Crippen molar-refractivity contribution in [1.29, 1.82) is 0 Å². The first kappa shape index (κ1) is 32.5. The van der Waals surface area contributed by atoms with E-state index in [0.717, 1.165) is 0 Å². The summed E-state index contributed by atoms with van der Waals surface area (Å²) in [6.45, 7) is -2.91. The average molecular weight is 592 g/mol. The third-order valence-corrected chi connectivity index (χ3v) is 4.36. The molecule has 1 aliphatic rings. The predicted octanol–water partition coefficient (Wildman–Crippen LogP) is 6.64. The normalized spacial score (nSPS) is 21.4. The molecule has 0 N–H and O–H groups in total. The van der Waals surface area contributed by atoms with Crippen LogP contribution in [0, 0.1) is 0 Å². The molecule has 0 radical (unpaired) electrons. The summed E-state index contributed by atoms with van der Waals surface area (Å²) >= 11 is 0. The largest absolute Gasteiger partial charge is 0.460 e. The van der Waals surface area contributed by atoms with E-state index in [1.54, 1.807) is 0 Å². The van der Waals surface area contributed by atoms with E-state index < -0.39 is 79.0 Å². The maximum atomic E-state index is 13.9. The maximum absolute atomic E-state index is 13.9. The van der Waals surface area contributed by atoms with Gasteiger partial charge in [-0.2, -0.15) is 92.2 Å². The Kier molecular flexibility index (Phi) is 7.42. The molecule has 1 aliphatic heterocycles. The lowest BCUT2D eigenvalue weighted by atomic mass is 9.87. The lowest BCUT2D eigenvalue weighted by Gasteiger charge is -2.45. The Morgan fingerprint density at radius 3 is 0.972 bits per heavy atom. The fraction of sp³-hybridized carbons (Fsp3) is 1.00.